The number of phenols is 1. The predicted molar refractivity (Wildman–Crippen MR) is 120 cm³/mol. The highest BCUT2D eigenvalue weighted by Gasteiger charge is 2.24. The minimum absolute atomic E-state index is 0.0461. The van der Waals surface area contributed by atoms with Gasteiger partial charge in [0.1, 0.15) is 17.2 Å². The molecule has 164 valence electrons. The maximum absolute atomic E-state index is 13.4. The van der Waals surface area contributed by atoms with Gasteiger partial charge in [0.15, 0.2) is 11.5 Å². The number of nitrogens with one attached hydrogen (secondary N) is 1. The Kier molecular flexibility index (Phi) is 6.13. The van der Waals surface area contributed by atoms with Crippen LogP contribution in [0, 0.1) is 5.92 Å². The average Bonchev–Trinajstić information content (AvgIpc) is 3.25. The molecule has 7 heteroatoms. The zero-order chi connectivity index (χ0) is 22.7. The van der Waals surface area contributed by atoms with E-state index in [1.54, 1.807) is 18.2 Å². The molecule has 2 N–H and O–H groups in total. The van der Waals surface area contributed by atoms with Crippen LogP contribution < -0.4 is 10.1 Å². The van der Waals surface area contributed by atoms with Gasteiger partial charge in [-0.05, 0) is 60.6 Å². The van der Waals surface area contributed by atoms with Crippen molar-refractivity contribution in [3.8, 4) is 22.8 Å². The first-order chi connectivity index (χ1) is 15.5. The molecule has 4 rings (SSSR count). The molecule has 2 aliphatic carbocycles. The lowest BCUT2D eigenvalue weighted by Gasteiger charge is -2.23. The smallest absolute Gasteiger partial charge is 0.275 e. The van der Waals surface area contributed by atoms with Gasteiger partial charge < -0.3 is 15.2 Å². The van der Waals surface area contributed by atoms with Crippen LogP contribution in [0.2, 0.25) is 0 Å². The number of aromatic hydroxyl groups is 1. The summed E-state index contributed by atoms with van der Waals surface area (Å²) in [6.07, 6.45) is 8.17. The van der Waals surface area contributed by atoms with Gasteiger partial charge in [-0.3, -0.25) is 4.79 Å². The Hall–Kier alpha value is -3.79. The maximum atomic E-state index is 13.4. The van der Waals surface area contributed by atoms with E-state index in [-0.39, 0.29) is 17.4 Å². The average molecular weight is 433 g/mol. The molecule has 0 unspecified atom stereocenters. The first-order valence-corrected chi connectivity index (χ1v) is 10.5. The number of allylic oxidation sites excluding steroid dienone is 5. The van der Waals surface area contributed by atoms with Crippen LogP contribution in [0.5, 0.6) is 11.5 Å². The lowest BCUT2D eigenvalue weighted by molar-refractivity contribution is 0.0954. The maximum Gasteiger partial charge on any atom is 0.275 e. The molecule has 0 bridgehead atoms. The van der Waals surface area contributed by atoms with Crippen molar-refractivity contribution in [1.29, 1.82) is 0 Å². The van der Waals surface area contributed by atoms with E-state index in [2.05, 4.69) is 28.5 Å². The standard InChI is InChI=1S/C25H24FN3O3/c1-16(17-7-4-3-5-8-17)27-25(31)20-15-21(24-22(30)9-6-10-23(24)32-2)29(28-20)19-13-11-18(26)12-14-19/h6,9-11,13,15,17,30H,1,3-5,7-8H2,2H3,(H,27,31). The molecule has 1 amide bonds. The van der Waals surface area contributed by atoms with E-state index in [1.165, 1.54) is 36.4 Å². The number of ether oxygens (including phenoxy) is 1. The van der Waals surface area contributed by atoms with Gasteiger partial charge in [-0.25, -0.2) is 4.68 Å². The molecule has 1 saturated carbocycles. The zero-order valence-corrected chi connectivity index (χ0v) is 17.8. The van der Waals surface area contributed by atoms with Gasteiger partial charge in [-0.1, -0.05) is 31.9 Å². The first-order valence-electron chi connectivity index (χ1n) is 10.5. The molecule has 0 aliphatic heterocycles. The highest BCUT2D eigenvalue weighted by Crippen LogP contribution is 2.39. The van der Waals surface area contributed by atoms with Gasteiger partial charge in [0.05, 0.1) is 18.4 Å². The van der Waals surface area contributed by atoms with Crippen LogP contribution in [0.3, 0.4) is 0 Å². The minimum atomic E-state index is -0.565. The van der Waals surface area contributed by atoms with Crippen LogP contribution in [-0.2, 0) is 0 Å². The Bertz CT molecular complexity index is 1210. The van der Waals surface area contributed by atoms with E-state index in [1.807, 2.05) is 0 Å². The minimum Gasteiger partial charge on any atom is -0.507 e. The Labute approximate surface area is 185 Å². The van der Waals surface area contributed by atoms with Crippen molar-refractivity contribution < 1.29 is 19.0 Å². The molecule has 2 aromatic rings. The third kappa shape index (κ3) is 4.30. The molecule has 1 aromatic carbocycles. The number of hydrogen-bond acceptors (Lipinski definition) is 4. The van der Waals surface area contributed by atoms with Gasteiger partial charge in [0, 0.05) is 5.70 Å². The Morgan fingerprint density at radius 3 is 2.75 bits per heavy atom. The summed E-state index contributed by atoms with van der Waals surface area (Å²) in [5.41, 5.74) is 6.98. The van der Waals surface area contributed by atoms with E-state index in [0.29, 0.717) is 28.4 Å². The number of methoxy groups -OCH3 is 1. The Morgan fingerprint density at radius 1 is 1.28 bits per heavy atom. The second kappa shape index (κ2) is 9.15. The van der Waals surface area contributed by atoms with Crippen LogP contribution in [0.25, 0.3) is 17.0 Å². The number of benzene rings is 1. The molecular formula is C25H24FN3O3. The summed E-state index contributed by atoms with van der Waals surface area (Å²) in [5, 5.41) is 17.8. The fourth-order valence-electron chi connectivity index (χ4n) is 4.05. The van der Waals surface area contributed by atoms with E-state index in [9.17, 15) is 14.3 Å². The normalized spacial score (nSPS) is 15.8. The van der Waals surface area contributed by atoms with Crippen molar-refractivity contribution in [1.82, 2.24) is 15.1 Å². The molecule has 0 atom stereocenters. The summed E-state index contributed by atoms with van der Waals surface area (Å²) < 4.78 is 20.2. The first kappa shape index (κ1) is 21.4. The molecule has 6 nitrogen and oxygen atoms in total. The zero-order valence-electron chi connectivity index (χ0n) is 17.8. The van der Waals surface area contributed by atoms with Gasteiger partial charge in [-0.15, -0.1) is 0 Å². The summed E-state index contributed by atoms with van der Waals surface area (Å²) in [6, 6.07) is 6.41. The predicted octanol–water partition coefficient (Wildman–Crippen LogP) is 5.11. The largest absolute Gasteiger partial charge is 0.507 e. The summed E-state index contributed by atoms with van der Waals surface area (Å²) in [4.78, 5) is 13.0. The van der Waals surface area contributed by atoms with Crippen LogP contribution in [0.15, 0.2) is 66.0 Å². The van der Waals surface area contributed by atoms with Crippen LogP contribution in [-0.4, -0.2) is 27.9 Å². The highest BCUT2D eigenvalue weighted by molar-refractivity contribution is 5.95. The van der Waals surface area contributed by atoms with E-state index in [0.717, 1.165) is 25.7 Å². The van der Waals surface area contributed by atoms with Gasteiger partial charge in [-0.2, -0.15) is 9.49 Å². The van der Waals surface area contributed by atoms with Crippen LogP contribution in [0.4, 0.5) is 4.39 Å². The van der Waals surface area contributed by atoms with Gasteiger partial charge >= 0.3 is 0 Å². The van der Waals surface area contributed by atoms with Crippen LogP contribution in [0.1, 0.15) is 42.6 Å². The van der Waals surface area contributed by atoms with E-state index in [4.69, 9.17) is 4.74 Å². The number of hydrogen-bond donors (Lipinski definition) is 2. The number of carbonyl (C=O) groups excluding carboxylic acids is 1. The third-order valence-corrected chi connectivity index (χ3v) is 5.72. The number of halogens is 1. The van der Waals surface area contributed by atoms with E-state index >= 15 is 0 Å². The Morgan fingerprint density at radius 2 is 2.06 bits per heavy atom. The monoisotopic (exact) mass is 433 g/mol. The fraction of sp³-hybridized carbons (Fsp3) is 0.280. The molecule has 32 heavy (non-hydrogen) atoms. The molecule has 1 heterocycles. The summed E-state index contributed by atoms with van der Waals surface area (Å²) in [5.74, 6) is -0.357. The number of carbonyl (C=O) groups is 1. The quantitative estimate of drug-likeness (QED) is 0.621. The molecular weight excluding hydrogens is 409 g/mol. The topological polar surface area (TPSA) is 76.4 Å². The summed E-state index contributed by atoms with van der Waals surface area (Å²) >= 11 is 0. The Balaban J connectivity index is 1.75. The lowest BCUT2D eigenvalue weighted by atomic mass is 9.87. The van der Waals surface area contributed by atoms with Crippen molar-refractivity contribution in [3.63, 3.8) is 0 Å². The van der Waals surface area contributed by atoms with Crippen molar-refractivity contribution in [2.75, 3.05) is 7.11 Å². The molecule has 0 spiro atoms. The fourth-order valence-corrected chi connectivity index (χ4v) is 4.05. The van der Waals surface area contributed by atoms with Gasteiger partial charge in [0.2, 0.25) is 0 Å². The van der Waals surface area contributed by atoms with Crippen molar-refractivity contribution in [2.24, 2.45) is 5.92 Å². The number of phenolic OH excluding ortho intramolecular Hbond substituents is 1. The van der Waals surface area contributed by atoms with Crippen molar-refractivity contribution in [2.45, 2.75) is 32.1 Å². The number of rotatable bonds is 6. The highest BCUT2D eigenvalue weighted by atomic mass is 19.1. The molecule has 0 radical (unpaired) electrons. The van der Waals surface area contributed by atoms with Crippen LogP contribution >= 0.6 is 0 Å². The second-order valence-corrected chi connectivity index (χ2v) is 7.81. The molecule has 1 aromatic heterocycles. The summed E-state index contributed by atoms with van der Waals surface area (Å²) in [7, 11) is 1.48. The van der Waals surface area contributed by atoms with E-state index < -0.39 is 11.7 Å². The molecule has 2 aliphatic rings. The number of aromatic nitrogens is 2. The van der Waals surface area contributed by atoms with Gasteiger partial charge in [0.25, 0.3) is 5.91 Å². The lowest BCUT2D eigenvalue weighted by Crippen LogP contribution is -2.28. The number of amides is 1. The SMILES string of the molecule is C=C(NC(=O)c1cc(-c2c(O)cccc2OC)n(C2=C=C=C(F)C=C2)n1)C1CCCCC1. The summed E-state index contributed by atoms with van der Waals surface area (Å²) in [6.45, 7) is 4.06. The molecule has 0 saturated heterocycles. The second-order valence-electron chi connectivity index (χ2n) is 7.81. The third-order valence-electron chi connectivity index (χ3n) is 5.72. The van der Waals surface area contributed by atoms with Crippen molar-refractivity contribution in [3.05, 3.63) is 71.7 Å². The van der Waals surface area contributed by atoms with Crippen molar-refractivity contribution >= 4 is 11.6 Å². The number of nitrogens with zero attached hydrogens (tertiary/aromatic N) is 2. The molecule has 1 fully saturated rings.